The van der Waals surface area contributed by atoms with E-state index in [0.717, 1.165) is 16.0 Å². The van der Waals surface area contributed by atoms with Crippen molar-refractivity contribution in [2.24, 2.45) is 0 Å². The Hall–Kier alpha value is -2.10. The van der Waals surface area contributed by atoms with E-state index < -0.39 is 11.8 Å². The lowest BCUT2D eigenvalue weighted by Crippen LogP contribution is -2.31. The van der Waals surface area contributed by atoms with Crippen LogP contribution in [-0.4, -0.2) is 11.8 Å². The van der Waals surface area contributed by atoms with Gasteiger partial charge in [0.05, 0.1) is 16.3 Å². The fraction of sp³-hybridized carbons (Fsp3) is 0.111. The summed E-state index contributed by atoms with van der Waals surface area (Å²) in [6.45, 7) is 3.85. The van der Waals surface area contributed by atoms with Gasteiger partial charge >= 0.3 is 0 Å². The number of benzene rings is 2. The van der Waals surface area contributed by atoms with Gasteiger partial charge in [-0.1, -0.05) is 59.1 Å². The van der Waals surface area contributed by atoms with Crippen LogP contribution in [0.2, 0.25) is 5.02 Å². The van der Waals surface area contributed by atoms with Crippen LogP contribution < -0.4 is 4.90 Å². The van der Waals surface area contributed by atoms with Gasteiger partial charge < -0.3 is 0 Å². The second kappa shape index (κ2) is 5.84. The van der Waals surface area contributed by atoms with E-state index in [9.17, 15) is 9.59 Å². The van der Waals surface area contributed by atoms with Crippen molar-refractivity contribution < 1.29 is 9.59 Å². The van der Waals surface area contributed by atoms with Crippen LogP contribution in [0.3, 0.4) is 0 Å². The van der Waals surface area contributed by atoms with Crippen LogP contribution >= 0.6 is 23.2 Å². The zero-order valence-electron chi connectivity index (χ0n) is 12.6. The first-order chi connectivity index (χ1) is 10.9. The van der Waals surface area contributed by atoms with Crippen LogP contribution in [0.5, 0.6) is 0 Å². The van der Waals surface area contributed by atoms with Crippen LogP contribution in [0.25, 0.3) is 5.57 Å². The molecule has 1 heterocycles. The summed E-state index contributed by atoms with van der Waals surface area (Å²) >= 11 is 12.3. The molecular weight excluding hydrogens is 333 g/mol. The molecule has 3 nitrogen and oxygen atoms in total. The molecule has 0 unspecified atom stereocenters. The van der Waals surface area contributed by atoms with E-state index in [-0.39, 0.29) is 10.6 Å². The van der Waals surface area contributed by atoms with Crippen molar-refractivity contribution in [3.05, 3.63) is 69.2 Å². The Morgan fingerprint density at radius 3 is 2.26 bits per heavy atom. The summed E-state index contributed by atoms with van der Waals surface area (Å²) in [6.07, 6.45) is 0. The summed E-state index contributed by atoms with van der Waals surface area (Å²) in [5.41, 5.74) is 3.17. The lowest BCUT2D eigenvalue weighted by Gasteiger charge is -2.16. The third-order valence-electron chi connectivity index (χ3n) is 3.77. The molecule has 0 aliphatic carbocycles. The lowest BCUT2D eigenvalue weighted by atomic mass is 9.99. The van der Waals surface area contributed by atoms with Gasteiger partial charge in [-0.2, -0.15) is 0 Å². The maximum atomic E-state index is 12.8. The number of hydrogen-bond acceptors (Lipinski definition) is 2. The second-order valence-electron chi connectivity index (χ2n) is 5.40. The van der Waals surface area contributed by atoms with Crippen LogP contribution in [0.15, 0.2) is 47.5 Å². The Morgan fingerprint density at radius 2 is 1.61 bits per heavy atom. The van der Waals surface area contributed by atoms with Crippen LogP contribution in [0, 0.1) is 13.8 Å². The molecule has 116 valence electrons. The molecule has 0 atom stereocenters. The highest BCUT2D eigenvalue weighted by atomic mass is 35.5. The number of rotatable bonds is 2. The molecule has 5 heteroatoms. The summed E-state index contributed by atoms with van der Waals surface area (Å²) in [4.78, 5) is 26.3. The van der Waals surface area contributed by atoms with Gasteiger partial charge in [0.15, 0.2) is 0 Å². The van der Waals surface area contributed by atoms with Gasteiger partial charge in [0.1, 0.15) is 5.03 Å². The maximum Gasteiger partial charge on any atom is 0.277 e. The quantitative estimate of drug-likeness (QED) is 0.752. The first-order valence-electron chi connectivity index (χ1n) is 7.02. The normalized spacial score (nSPS) is 14.9. The minimum atomic E-state index is -0.556. The van der Waals surface area contributed by atoms with Crippen molar-refractivity contribution in [1.82, 2.24) is 0 Å². The first-order valence-corrected chi connectivity index (χ1v) is 7.78. The standard InChI is InChI=1S/C18H13Cl2NO2/c1-10-7-8-12(11(2)9-10)15-16(20)18(23)21(17(15)22)14-6-4-3-5-13(14)19/h3-9H,1-2H3. The van der Waals surface area contributed by atoms with Crippen molar-refractivity contribution in [1.29, 1.82) is 0 Å². The molecule has 2 aromatic rings. The molecule has 23 heavy (non-hydrogen) atoms. The van der Waals surface area contributed by atoms with E-state index >= 15 is 0 Å². The van der Waals surface area contributed by atoms with Crippen LogP contribution in [0.1, 0.15) is 16.7 Å². The number of nitrogens with zero attached hydrogens (tertiary/aromatic N) is 1. The first kappa shape index (κ1) is 15.8. The van der Waals surface area contributed by atoms with E-state index in [0.29, 0.717) is 16.3 Å². The minimum Gasteiger partial charge on any atom is -0.268 e. The zero-order valence-corrected chi connectivity index (χ0v) is 14.1. The summed E-state index contributed by atoms with van der Waals surface area (Å²) < 4.78 is 0. The fourth-order valence-electron chi connectivity index (χ4n) is 2.68. The number of carbonyl (C=O) groups is 2. The number of amides is 2. The molecular formula is C18H13Cl2NO2. The van der Waals surface area contributed by atoms with Gasteiger partial charge in [-0.15, -0.1) is 0 Å². The Bertz CT molecular complexity index is 871. The zero-order chi connectivity index (χ0) is 16.7. The molecule has 3 rings (SSSR count). The van der Waals surface area contributed by atoms with Crippen LogP contribution in [-0.2, 0) is 9.59 Å². The molecule has 0 saturated heterocycles. The number of anilines is 1. The molecule has 1 aliphatic rings. The topological polar surface area (TPSA) is 37.4 Å². The van der Waals surface area contributed by atoms with E-state index in [1.54, 1.807) is 24.3 Å². The van der Waals surface area contributed by atoms with Crippen LogP contribution in [0.4, 0.5) is 5.69 Å². The van der Waals surface area contributed by atoms with E-state index in [1.165, 1.54) is 0 Å². The Morgan fingerprint density at radius 1 is 0.913 bits per heavy atom. The van der Waals surface area contributed by atoms with Crippen molar-refractivity contribution in [2.45, 2.75) is 13.8 Å². The number of para-hydroxylation sites is 1. The average molecular weight is 346 g/mol. The monoisotopic (exact) mass is 345 g/mol. The molecule has 1 aliphatic heterocycles. The van der Waals surface area contributed by atoms with Gasteiger partial charge in [0, 0.05) is 0 Å². The molecule has 0 N–H and O–H groups in total. The highest BCUT2D eigenvalue weighted by molar-refractivity contribution is 6.60. The summed E-state index contributed by atoms with van der Waals surface area (Å²) in [6, 6.07) is 12.3. The summed E-state index contributed by atoms with van der Waals surface area (Å²) in [5.74, 6) is -1.01. The Labute approximate surface area is 144 Å². The number of imide groups is 1. The predicted molar refractivity (Wildman–Crippen MR) is 92.6 cm³/mol. The maximum absolute atomic E-state index is 12.8. The van der Waals surface area contributed by atoms with Crippen molar-refractivity contribution in [3.8, 4) is 0 Å². The van der Waals surface area contributed by atoms with Gasteiger partial charge in [-0.25, -0.2) is 4.90 Å². The molecule has 0 bridgehead atoms. The van der Waals surface area contributed by atoms with Gasteiger partial charge in [-0.3, -0.25) is 9.59 Å². The fourth-order valence-corrected chi connectivity index (χ4v) is 3.17. The molecule has 2 aromatic carbocycles. The molecule has 0 saturated carbocycles. The van der Waals surface area contributed by atoms with E-state index in [4.69, 9.17) is 23.2 Å². The van der Waals surface area contributed by atoms with Crippen molar-refractivity contribution >= 4 is 46.3 Å². The predicted octanol–water partition coefficient (Wildman–Crippen LogP) is 4.48. The third-order valence-corrected chi connectivity index (χ3v) is 4.44. The molecule has 0 fully saturated rings. The van der Waals surface area contributed by atoms with Gasteiger partial charge in [0.25, 0.3) is 11.8 Å². The molecule has 0 radical (unpaired) electrons. The number of aryl methyl sites for hydroxylation is 2. The number of carbonyl (C=O) groups excluding carboxylic acids is 2. The lowest BCUT2D eigenvalue weighted by molar-refractivity contribution is -0.119. The van der Waals surface area contributed by atoms with Gasteiger partial charge in [0.2, 0.25) is 0 Å². The largest absolute Gasteiger partial charge is 0.277 e. The molecule has 2 amide bonds. The molecule has 0 aromatic heterocycles. The smallest absolute Gasteiger partial charge is 0.268 e. The molecule has 0 spiro atoms. The average Bonchev–Trinajstić information content (AvgIpc) is 2.71. The SMILES string of the molecule is Cc1ccc(C2=C(Cl)C(=O)N(c3ccccc3Cl)C2=O)c(C)c1. The summed E-state index contributed by atoms with van der Waals surface area (Å²) in [5, 5.41) is 0.238. The van der Waals surface area contributed by atoms with E-state index in [1.807, 2.05) is 32.0 Å². The number of halogens is 2. The summed E-state index contributed by atoms with van der Waals surface area (Å²) in [7, 11) is 0. The highest BCUT2D eigenvalue weighted by Gasteiger charge is 2.40. The van der Waals surface area contributed by atoms with Crippen molar-refractivity contribution in [2.75, 3.05) is 4.90 Å². The minimum absolute atomic E-state index is 0.0816. The third kappa shape index (κ3) is 2.56. The second-order valence-corrected chi connectivity index (χ2v) is 6.19. The van der Waals surface area contributed by atoms with Crippen molar-refractivity contribution in [3.63, 3.8) is 0 Å². The van der Waals surface area contributed by atoms with Gasteiger partial charge in [-0.05, 0) is 37.1 Å². The Balaban J connectivity index is 2.12. The Kier molecular flexibility index (Phi) is 4.00. The highest BCUT2D eigenvalue weighted by Crippen LogP contribution is 2.38. The number of hydrogen-bond donors (Lipinski definition) is 0. The van der Waals surface area contributed by atoms with E-state index in [2.05, 4.69) is 0 Å².